The second-order valence-corrected chi connectivity index (χ2v) is 7.27. The lowest BCUT2D eigenvalue weighted by Gasteiger charge is -2.55. The van der Waals surface area contributed by atoms with Gasteiger partial charge >= 0.3 is 0 Å². The third kappa shape index (κ3) is 2.78. The first-order valence-corrected chi connectivity index (χ1v) is 8.61. The Bertz CT molecular complexity index is 681. The topological polar surface area (TPSA) is 38.2 Å². The van der Waals surface area contributed by atoms with Gasteiger partial charge in [0.15, 0.2) is 0 Å². The number of rotatable bonds is 3. The maximum Gasteiger partial charge on any atom is 0.233 e. The Morgan fingerprint density at radius 2 is 1.71 bits per heavy atom. The van der Waals surface area contributed by atoms with Crippen molar-refractivity contribution in [3.63, 3.8) is 0 Å². The van der Waals surface area contributed by atoms with E-state index in [9.17, 15) is 0 Å². The molecule has 4 heterocycles. The minimum Gasteiger partial charge on any atom is -0.473 e. The van der Waals surface area contributed by atoms with Crippen LogP contribution in [0.2, 0.25) is 0 Å². The van der Waals surface area contributed by atoms with Crippen LogP contribution < -0.4 is 4.74 Å². The van der Waals surface area contributed by atoms with Gasteiger partial charge in [-0.3, -0.25) is 4.98 Å². The van der Waals surface area contributed by atoms with Crippen LogP contribution in [0.3, 0.4) is 0 Å². The maximum atomic E-state index is 6.35. The Morgan fingerprint density at radius 1 is 0.958 bits per heavy atom. The van der Waals surface area contributed by atoms with Crippen molar-refractivity contribution in [2.24, 2.45) is 17.8 Å². The van der Waals surface area contributed by atoms with E-state index in [4.69, 9.17) is 9.72 Å². The second kappa shape index (κ2) is 6.34. The zero-order valence-electron chi connectivity index (χ0n) is 13.5. The highest BCUT2D eigenvalue weighted by atomic mass is 35.5. The third-order valence-electron chi connectivity index (χ3n) is 5.64. The summed E-state index contributed by atoms with van der Waals surface area (Å²) in [5.41, 5.74) is 1.97. The lowest BCUT2D eigenvalue weighted by molar-refractivity contribution is -0.0998. The van der Waals surface area contributed by atoms with Crippen LogP contribution in [0.15, 0.2) is 42.7 Å². The quantitative estimate of drug-likeness (QED) is 0.857. The lowest BCUT2D eigenvalue weighted by Crippen LogP contribution is -2.61. The first-order chi connectivity index (χ1) is 11.3. The predicted molar refractivity (Wildman–Crippen MR) is 95.3 cm³/mol. The predicted octanol–water partition coefficient (Wildman–Crippen LogP) is 3.28. The maximum absolute atomic E-state index is 6.35. The summed E-state index contributed by atoms with van der Waals surface area (Å²) in [6.45, 7) is 3.70. The van der Waals surface area contributed by atoms with E-state index in [-0.39, 0.29) is 12.4 Å². The zero-order valence-corrected chi connectivity index (χ0v) is 14.4. The van der Waals surface area contributed by atoms with Crippen LogP contribution in [-0.2, 0) is 0 Å². The fraction of sp³-hybridized carbons (Fsp3) is 0.474. The molecule has 1 aromatic carbocycles. The first-order valence-electron chi connectivity index (χ1n) is 8.61. The molecule has 6 rings (SSSR count). The molecule has 2 atom stereocenters. The Labute approximate surface area is 148 Å². The number of benzene rings is 1. The molecule has 0 amide bonds. The number of hydrogen-bond donors (Lipinski definition) is 0. The summed E-state index contributed by atoms with van der Waals surface area (Å²) >= 11 is 0. The van der Waals surface area contributed by atoms with E-state index in [0.29, 0.717) is 23.8 Å². The highest BCUT2D eigenvalue weighted by molar-refractivity contribution is 5.85. The van der Waals surface area contributed by atoms with E-state index in [2.05, 4.69) is 22.0 Å². The minimum atomic E-state index is 0. The lowest BCUT2D eigenvalue weighted by atomic mass is 9.66. The third-order valence-corrected chi connectivity index (χ3v) is 5.64. The van der Waals surface area contributed by atoms with Crippen molar-refractivity contribution in [1.29, 1.82) is 0 Å². The minimum absolute atomic E-state index is 0. The van der Waals surface area contributed by atoms with E-state index in [1.54, 1.807) is 6.20 Å². The molecule has 1 aliphatic carbocycles. The summed E-state index contributed by atoms with van der Waals surface area (Å²) < 4.78 is 6.35. The van der Waals surface area contributed by atoms with Gasteiger partial charge in [-0.25, -0.2) is 4.98 Å². The smallest absolute Gasteiger partial charge is 0.233 e. The van der Waals surface area contributed by atoms with Gasteiger partial charge in [0.2, 0.25) is 5.88 Å². The number of halogens is 1. The molecule has 3 aliphatic heterocycles. The molecule has 0 unspecified atom stereocenters. The molecule has 4 bridgehead atoms. The molecule has 0 radical (unpaired) electrons. The summed E-state index contributed by atoms with van der Waals surface area (Å²) in [5, 5.41) is 0. The molecular formula is C19H22ClN3O. The van der Waals surface area contributed by atoms with Gasteiger partial charge in [0.1, 0.15) is 6.10 Å². The summed E-state index contributed by atoms with van der Waals surface area (Å²) in [6.07, 6.45) is 6.54. The van der Waals surface area contributed by atoms with Crippen LogP contribution in [0.25, 0.3) is 11.3 Å². The summed E-state index contributed by atoms with van der Waals surface area (Å²) in [5.74, 6) is 2.92. The zero-order chi connectivity index (χ0) is 15.2. The van der Waals surface area contributed by atoms with Crippen molar-refractivity contribution in [2.45, 2.75) is 18.9 Å². The molecule has 5 heteroatoms. The molecule has 0 spiro atoms. The Hall–Kier alpha value is -1.65. The van der Waals surface area contributed by atoms with Gasteiger partial charge in [-0.15, -0.1) is 12.4 Å². The van der Waals surface area contributed by atoms with Gasteiger partial charge in [0.05, 0.1) is 18.1 Å². The number of piperidine rings is 3. The number of nitrogens with zero attached hydrogens (tertiary/aromatic N) is 3. The van der Waals surface area contributed by atoms with Gasteiger partial charge in [0.25, 0.3) is 0 Å². The average Bonchev–Trinajstić information content (AvgIpc) is 2.59. The van der Waals surface area contributed by atoms with Crippen LogP contribution >= 0.6 is 12.4 Å². The fourth-order valence-electron chi connectivity index (χ4n) is 4.85. The standard InChI is InChI=1S/C19H21N3O.ClH/c1-2-4-14(5-3-1)17-8-20-9-18(21-17)23-19-15-6-13-7-16(19)12-22(10-13)11-15;/h1-5,8-9,13,15-16,19H,6-7,10-12H2;1H/t13?,15-,16-,19?;/m1./s1. The van der Waals surface area contributed by atoms with Crippen LogP contribution in [0.4, 0.5) is 0 Å². The SMILES string of the molecule is Cl.c1ccc(-c2cncc(OC3[C@@H]4CC5C[C@@H]3CN(C5)C4)n2)cc1. The van der Waals surface area contributed by atoms with Crippen molar-refractivity contribution in [1.82, 2.24) is 14.9 Å². The molecular weight excluding hydrogens is 322 g/mol. The van der Waals surface area contributed by atoms with Crippen molar-refractivity contribution in [3.05, 3.63) is 42.7 Å². The first kappa shape index (κ1) is 15.9. The van der Waals surface area contributed by atoms with Crippen LogP contribution in [0.5, 0.6) is 5.88 Å². The normalized spacial score (nSPS) is 33.1. The van der Waals surface area contributed by atoms with E-state index in [0.717, 1.165) is 17.2 Å². The highest BCUT2D eigenvalue weighted by Gasteiger charge is 2.48. The summed E-state index contributed by atoms with van der Waals surface area (Å²) in [7, 11) is 0. The van der Waals surface area contributed by atoms with Crippen molar-refractivity contribution < 1.29 is 4.74 Å². The molecule has 3 saturated heterocycles. The van der Waals surface area contributed by atoms with E-state index in [1.807, 2.05) is 24.4 Å². The van der Waals surface area contributed by atoms with Gasteiger partial charge in [-0.1, -0.05) is 30.3 Å². The van der Waals surface area contributed by atoms with E-state index in [1.165, 1.54) is 32.5 Å². The molecule has 4 aliphatic rings. The molecule has 0 N–H and O–H groups in total. The Balaban J connectivity index is 0.00000146. The molecule has 1 aromatic heterocycles. The van der Waals surface area contributed by atoms with E-state index < -0.39 is 0 Å². The van der Waals surface area contributed by atoms with Crippen molar-refractivity contribution >= 4 is 12.4 Å². The van der Waals surface area contributed by atoms with Gasteiger partial charge in [-0.05, 0) is 18.8 Å². The largest absolute Gasteiger partial charge is 0.473 e. The fourth-order valence-corrected chi connectivity index (χ4v) is 4.85. The average molecular weight is 344 g/mol. The van der Waals surface area contributed by atoms with Crippen LogP contribution in [0.1, 0.15) is 12.8 Å². The molecule has 1 saturated carbocycles. The molecule has 126 valence electrons. The van der Waals surface area contributed by atoms with Gasteiger partial charge in [-0.2, -0.15) is 0 Å². The molecule has 4 nitrogen and oxygen atoms in total. The van der Waals surface area contributed by atoms with Gasteiger partial charge in [0, 0.05) is 37.0 Å². The van der Waals surface area contributed by atoms with Crippen LogP contribution in [-0.4, -0.2) is 40.6 Å². The molecule has 2 aromatic rings. The van der Waals surface area contributed by atoms with Crippen molar-refractivity contribution in [2.75, 3.05) is 19.6 Å². The highest BCUT2D eigenvalue weighted by Crippen LogP contribution is 2.44. The second-order valence-electron chi connectivity index (χ2n) is 7.27. The van der Waals surface area contributed by atoms with E-state index >= 15 is 0 Å². The Kier molecular flexibility index (Phi) is 4.19. The number of aromatic nitrogens is 2. The molecule has 24 heavy (non-hydrogen) atoms. The summed E-state index contributed by atoms with van der Waals surface area (Å²) in [4.78, 5) is 11.7. The number of hydrogen-bond acceptors (Lipinski definition) is 4. The monoisotopic (exact) mass is 343 g/mol. The number of ether oxygens (including phenoxy) is 1. The van der Waals surface area contributed by atoms with Crippen LogP contribution in [0, 0.1) is 17.8 Å². The Morgan fingerprint density at radius 3 is 2.42 bits per heavy atom. The molecule has 4 fully saturated rings. The summed E-state index contributed by atoms with van der Waals surface area (Å²) in [6, 6.07) is 10.2. The van der Waals surface area contributed by atoms with Crippen molar-refractivity contribution in [3.8, 4) is 17.1 Å². The van der Waals surface area contributed by atoms with Gasteiger partial charge < -0.3 is 9.64 Å².